The van der Waals surface area contributed by atoms with Crippen molar-refractivity contribution >= 4 is 22.8 Å². The fourth-order valence-corrected chi connectivity index (χ4v) is 4.52. The minimum Gasteiger partial charge on any atom is -0.378 e. The molecular weight excluding hydrogens is 392 g/mol. The number of hydrogen-bond acceptors (Lipinski definition) is 4. The Morgan fingerprint density at radius 3 is 2.58 bits per heavy atom. The molecule has 160 valence electrons. The van der Waals surface area contributed by atoms with E-state index < -0.39 is 0 Å². The Kier molecular flexibility index (Phi) is 5.42. The van der Waals surface area contributed by atoms with Gasteiger partial charge in [-0.1, -0.05) is 42.5 Å². The van der Waals surface area contributed by atoms with Crippen molar-refractivity contribution in [3.8, 4) is 0 Å². The molecule has 2 fully saturated rings. The highest BCUT2D eigenvalue weighted by Gasteiger charge is 2.34. The summed E-state index contributed by atoms with van der Waals surface area (Å²) >= 11 is 0. The van der Waals surface area contributed by atoms with Gasteiger partial charge in [0.1, 0.15) is 12.4 Å². The number of fused-ring (bicyclic) bond motifs is 1. The van der Waals surface area contributed by atoms with Crippen molar-refractivity contribution in [2.75, 3.05) is 32.8 Å². The number of ether oxygens (including phenoxy) is 1. The monoisotopic (exact) mass is 418 g/mol. The van der Waals surface area contributed by atoms with Crippen molar-refractivity contribution in [3.05, 3.63) is 66.0 Å². The number of nitrogens with zero attached hydrogens (tertiary/aromatic N) is 4. The van der Waals surface area contributed by atoms with Gasteiger partial charge in [-0.05, 0) is 17.7 Å². The van der Waals surface area contributed by atoms with Gasteiger partial charge >= 0.3 is 0 Å². The second-order valence-corrected chi connectivity index (χ2v) is 8.20. The number of aromatic nitrogens is 2. The molecule has 0 saturated carbocycles. The zero-order valence-corrected chi connectivity index (χ0v) is 17.4. The summed E-state index contributed by atoms with van der Waals surface area (Å²) < 4.78 is 7.39. The molecule has 0 aliphatic carbocycles. The Bertz CT molecular complexity index is 1090. The first-order chi connectivity index (χ1) is 15.2. The van der Waals surface area contributed by atoms with Crippen molar-refractivity contribution in [1.29, 1.82) is 0 Å². The highest BCUT2D eigenvalue weighted by Crippen LogP contribution is 2.31. The molecule has 2 saturated heterocycles. The van der Waals surface area contributed by atoms with Gasteiger partial charge in [-0.3, -0.25) is 9.59 Å². The van der Waals surface area contributed by atoms with Gasteiger partial charge < -0.3 is 19.1 Å². The highest BCUT2D eigenvalue weighted by atomic mass is 16.5. The van der Waals surface area contributed by atoms with Crippen LogP contribution in [-0.2, 0) is 27.4 Å². The number of para-hydroxylation sites is 2. The fourth-order valence-electron chi connectivity index (χ4n) is 4.52. The number of amides is 2. The van der Waals surface area contributed by atoms with Crippen molar-refractivity contribution in [2.45, 2.75) is 25.4 Å². The first kappa shape index (κ1) is 19.8. The third-order valence-electron chi connectivity index (χ3n) is 6.14. The number of hydrogen-bond donors (Lipinski definition) is 0. The lowest BCUT2D eigenvalue weighted by atomic mass is 10.1. The van der Waals surface area contributed by atoms with E-state index in [4.69, 9.17) is 9.72 Å². The lowest BCUT2D eigenvalue weighted by molar-refractivity contribution is -0.135. The summed E-state index contributed by atoms with van der Waals surface area (Å²) in [5.41, 5.74) is 2.92. The second-order valence-electron chi connectivity index (χ2n) is 8.20. The summed E-state index contributed by atoms with van der Waals surface area (Å²) in [6, 6.07) is 17.9. The van der Waals surface area contributed by atoms with E-state index in [1.54, 1.807) is 0 Å². The molecule has 0 spiro atoms. The Morgan fingerprint density at radius 1 is 1.03 bits per heavy atom. The van der Waals surface area contributed by atoms with E-state index in [2.05, 4.69) is 0 Å². The Morgan fingerprint density at radius 2 is 1.77 bits per heavy atom. The molecule has 7 nitrogen and oxygen atoms in total. The first-order valence-electron chi connectivity index (χ1n) is 10.8. The quantitative estimate of drug-likeness (QED) is 0.638. The van der Waals surface area contributed by atoms with E-state index >= 15 is 0 Å². The topological polar surface area (TPSA) is 67.7 Å². The van der Waals surface area contributed by atoms with E-state index in [1.165, 1.54) is 0 Å². The largest absolute Gasteiger partial charge is 0.378 e. The number of imidazole rings is 1. The van der Waals surface area contributed by atoms with E-state index in [0.717, 1.165) is 22.4 Å². The fraction of sp³-hybridized carbons (Fsp3) is 0.375. The van der Waals surface area contributed by atoms with E-state index in [0.29, 0.717) is 45.8 Å². The van der Waals surface area contributed by atoms with Gasteiger partial charge in [0, 0.05) is 38.5 Å². The average Bonchev–Trinajstić information content (AvgIpc) is 3.35. The second kappa shape index (κ2) is 8.51. The SMILES string of the molecule is O=C(Cn1c([C@H]2CC(=O)N(Cc3ccccc3)C2)nc2ccccc21)N1CCOCC1. The third kappa shape index (κ3) is 4.05. The molecule has 2 aliphatic rings. The van der Waals surface area contributed by atoms with Gasteiger partial charge in [-0.15, -0.1) is 0 Å². The molecular formula is C24H26N4O3. The lowest BCUT2D eigenvalue weighted by Gasteiger charge is -2.27. The molecule has 2 aliphatic heterocycles. The maximum atomic E-state index is 13.0. The van der Waals surface area contributed by atoms with Gasteiger partial charge in [0.2, 0.25) is 11.8 Å². The van der Waals surface area contributed by atoms with Crippen LogP contribution in [0.3, 0.4) is 0 Å². The summed E-state index contributed by atoms with van der Waals surface area (Å²) in [4.78, 5) is 34.4. The zero-order chi connectivity index (χ0) is 21.2. The van der Waals surface area contributed by atoms with E-state index in [1.807, 2.05) is 69.0 Å². The minimum atomic E-state index is -0.0268. The molecule has 1 aromatic heterocycles. The predicted molar refractivity (Wildman–Crippen MR) is 116 cm³/mol. The number of rotatable bonds is 5. The van der Waals surface area contributed by atoms with Gasteiger partial charge in [-0.2, -0.15) is 0 Å². The molecule has 0 unspecified atom stereocenters. The van der Waals surface area contributed by atoms with Crippen LogP contribution >= 0.6 is 0 Å². The van der Waals surface area contributed by atoms with Crippen LogP contribution in [0.1, 0.15) is 23.7 Å². The normalized spacial score (nSPS) is 19.4. The predicted octanol–water partition coefficient (Wildman–Crippen LogP) is 2.41. The number of morpholine rings is 1. The smallest absolute Gasteiger partial charge is 0.242 e. The van der Waals surface area contributed by atoms with Crippen LogP contribution in [0.15, 0.2) is 54.6 Å². The van der Waals surface area contributed by atoms with Gasteiger partial charge in [-0.25, -0.2) is 4.98 Å². The molecule has 5 rings (SSSR count). The van der Waals surface area contributed by atoms with Crippen molar-refractivity contribution in [2.24, 2.45) is 0 Å². The Hall–Kier alpha value is -3.19. The van der Waals surface area contributed by atoms with Crippen LogP contribution in [0.25, 0.3) is 11.0 Å². The molecule has 1 atom stereocenters. The van der Waals surface area contributed by atoms with Crippen LogP contribution in [0.5, 0.6) is 0 Å². The molecule has 0 radical (unpaired) electrons. The average molecular weight is 418 g/mol. The Labute approximate surface area is 181 Å². The van der Waals surface area contributed by atoms with Crippen LogP contribution in [0, 0.1) is 0 Å². The molecule has 0 N–H and O–H groups in total. The standard InChI is InChI=1S/C24H26N4O3/c29-22-14-19(16-27(22)15-18-6-2-1-3-7-18)24-25-20-8-4-5-9-21(20)28(24)17-23(30)26-10-12-31-13-11-26/h1-9,19H,10-17H2/t19-/m0/s1. The summed E-state index contributed by atoms with van der Waals surface area (Å²) in [7, 11) is 0. The number of benzene rings is 2. The number of carbonyl (C=O) groups excluding carboxylic acids is 2. The number of carbonyl (C=O) groups is 2. The minimum absolute atomic E-state index is 0.0268. The maximum absolute atomic E-state index is 13.0. The number of likely N-dealkylation sites (tertiary alicyclic amines) is 1. The first-order valence-corrected chi connectivity index (χ1v) is 10.8. The van der Waals surface area contributed by atoms with E-state index in [-0.39, 0.29) is 24.3 Å². The van der Waals surface area contributed by atoms with Crippen LogP contribution in [0.2, 0.25) is 0 Å². The molecule has 3 heterocycles. The highest BCUT2D eigenvalue weighted by molar-refractivity contribution is 5.83. The summed E-state index contributed by atoms with van der Waals surface area (Å²) in [5.74, 6) is 0.998. The molecule has 3 aromatic rings. The molecule has 2 amide bonds. The summed E-state index contributed by atoms with van der Waals surface area (Å²) in [6.45, 7) is 3.84. The molecule has 7 heteroatoms. The van der Waals surface area contributed by atoms with Crippen molar-refractivity contribution in [3.63, 3.8) is 0 Å². The van der Waals surface area contributed by atoms with Crippen LogP contribution in [-0.4, -0.2) is 64.0 Å². The molecule has 0 bridgehead atoms. The molecule has 2 aromatic carbocycles. The maximum Gasteiger partial charge on any atom is 0.242 e. The molecule has 31 heavy (non-hydrogen) atoms. The van der Waals surface area contributed by atoms with Gasteiger partial charge in [0.25, 0.3) is 0 Å². The van der Waals surface area contributed by atoms with Crippen molar-refractivity contribution in [1.82, 2.24) is 19.4 Å². The summed E-state index contributed by atoms with van der Waals surface area (Å²) in [6.07, 6.45) is 0.419. The third-order valence-corrected chi connectivity index (χ3v) is 6.14. The van der Waals surface area contributed by atoms with Crippen LogP contribution in [0.4, 0.5) is 0 Å². The van der Waals surface area contributed by atoms with Crippen LogP contribution < -0.4 is 0 Å². The van der Waals surface area contributed by atoms with Gasteiger partial charge in [0.15, 0.2) is 0 Å². The van der Waals surface area contributed by atoms with Crippen molar-refractivity contribution < 1.29 is 14.3 Å². The zero-order valence-electron chi connectivity index (χ0n) is 17.4. The summed E-state index contributed by atoms with van der Waals surface area (Å²) in [5, 5.41) is 0. The van der Waals surface area contributed by atoms with E-state index in [9.17, 15) is 9.59 Å². The Balaban J connectivity index is 1.41. The lowest BCUT2D eigenvalue weighted by Crippen LogP contribution is -2.42. The van der Waals surface area contributed by atoms with Gasteiger partial charge in [0.05, 0.1) is 24.2 Å².